The molecule has 3 aromatic carbocycles. The monoisotopic (exact) mass is 438 g/mol. The Bertz CT molecular complexity index is 1070. The minimum absolute atomic E-state index is 0.0255. The molecule has 0 saturated heterocycles. The molecule has 0 aliphatic rings. The molecule has 0 aliphatic carbocycles. The molecule has 3 rings (SSSR count). The molecule has 0 aliphatic heterocycles. The van der Waals surface area contributed by atoms with E-state index in [0.717, 1.165) is 11.3 Å². The van der Waals surface area contributed by atoms with Crippen molar-refractivity contribution in [3.8, 4) is 5.75 Å². The molecule has 0 heterocycles. The molecule has 0 bridgehead atoms. The van der Waals surface area contributed by atoms with Crippen molar-refractivity contribution < 1.29 is 14.5 Å². The topological polar surface area (TPSA) is 106 Å². The number of hydrazone groups is 1. The van der Waals surface area contributed by atoms with E-state index in [1.54, 1.807) is 48.5 Å². The third-order valence-corrected chi connectivity index (χ3v) is 4.40. The number of halogens is 1. The standard InChI is InChI=1S/C22H19ClN4O4/c23-18-7-9-19(10-8-18)24-14-22(28)26-25-13-17-3-1-2-4-21(17)31-15-16-5-11-20(12-6-16)27(29)30/h1-13,24H,14-15H2,(H,26,28)/b25-13-. The Morgan fingerprint density at radius 2 is 1.77 bits per heavy atom. The molecule has 9 heteroatoms. The van der Waals surface area contributed by atoms with Crippen LogP contribution in [0.2, 0.25) is 5.02 Å². The molecular weight excluding hydrogens is 420 g/mol. The predicted octanol–water partition coefficient (Wildman–Crippen LogP) is 4.39. The normalized spacial score (nSPS) is 10.6. The Kier molecular flexibility index (Phi) is 7.56. The fourth-order valence-corrected chi connectivity index (χ4v) is 2.68. The number of carbonyl (C=O) groups excluding carboxylic acids is 1. The van der Waals surface area contributed by atoms with E-state index in [4.69, 9.17) is 16.3 Å². The van der Waals surface area contributed by atoms with Gasteiger partial charge in [-0.2, -0.15) is 5.10 Å². The van der Waals surface area contributed by atoms with Crippen LogP contribution in [-0.4, -0.2) is 23.6 Å². The van der Waals surface area contributed by atoms with Crippen LogP contribution in [0.5, 0.6) is 5.75 Å². The SMILES string of the molecule is O=C(CNc1ccc(Cl)cc1)N/N=C\c1ccccc1OCc1ccc([N+](=O)[O-])cc1. The zero-order valence-corrected chi connectivity index (χ0v) is 17.1. The smallest absolute Gasteiger partial charge is 0.269 e. The summed E-state index contributed by atoms with van der Waals surface area (Å²) in [5.41, 5.74) is 4.72. The van der Waals surface area contributed by atoms with Crippen molar-refractivity contribution in [3.05, 3.63) is 99.1 Å². The number of ether oxygens (including phenoxy) is 1. The van der Waals surface area contributed by atoms with Gasteiger partial charge < -0.3 is 10.1 Å². The van der Waals surface area contributed by atoms with Gasteiger partial charge in [0.15, 0.2) is 0 Å². The van der Waals surface area contributed by atoms with Gasteiger partial charge in [0, 0.05) is 28.4 Å². The number of amides is 1. The third-order valence-electron chi connectivity index (χ3n) is 4.15. The van der Waals surface area contributed by atoms with Gasteiger partial charge in [0.2, 0.25) is 0 Å². The van der Waals surface area contributed by atoms with Crippen LogP contribution in [0.1, 0.15) is 11.1 Å². The number of hydrogen-bond donors (Lipinski definition) is 2. The molecule has 2 N–H and O–H groups in total. The molecule has 158 valence electrons. The Balaban J connectivity index is 1.52. The minimum Gasteiger partial charge on any atom is -0.488 e. The number of carbonyl (C=O) groups is 1. The van der Waals surface area contributed by atoms with E-state index in [1.807, 2.05) is 12.1 Å². The summed E-state index contributed by atoms with van der Waals surface area (Å²) in [6, 6.07) is 20.4. The van der Waals surface area contributed by atoms with Crippen LogP contribution < -0.4 is 15.5 Å². The Morgan fingerprint density at radius 3 is 2.48 bits per heavy atom. The molecule has 0 saturated carbocycles. The fourth-order valence-electron chi connectivity index (χ4n) is 2.56. The van der Waals surface area contributed by atoms with Crippen molar-refractivity contribution in [1.29, 1.82) is 0 Å². The summed E-state index contributed by atoms with van der Waals surface area (Å²) in [5.74, 6) is 0.258. The van der Waals surface area contributed by atoms with Crippen molar-refractivity contribution in [1.82, 2.24) is 5.43 Å². The Hall–Kier alpha value is -3.91. The highest BCUT2D eigenvalue weighted by Gasteiger charge is 2.06. The average Bonchev–Trinajstić information content (AvgIpc) is 2.78. The summed E-state index contributed by atoms with van der Waals surface area (Å²) >= 11 is 5.83. The van der Waals surface area contributed by atoms with Gasteiger partial charge in [-0.1, -0.05) is 23.7 Å². The van der Waals surface area contributed by atoms with E-state index in [1.165, 1.54) is 18.3 Å². The molecule has 3 aromatic rings. The number of nitrogens with zero attached hydrogens (tertiary/aromatic N) is 2. The summed E-state index contributed by atoms with van der Waals surface area (Å²) < 4.78 is 5.80. The Labute approximate surface area is 183 Å². The quantitative estimate of drug-likeness (QED) is 0.293. The molecule has 1 amide bonds. The lowest BCUT2D eigenvalue weighted by atomic mass is 10.2. The van der Waals surface area contributed by atoms with Gasteiger partial charge in [0.05, 0.1) is 17.7 Å². The van der Waals surface area contributed by atoms with Gasteiger partial charge in [-0.25, -0.2) is 5.43 Å². The lowest BCUT2D eigenvalue weighted by Crippen LogP contribution is -2.25. The molecule has 0 atom stereocenters. The summed E-state index contributed by atoms with van der Waals surface area (Å²) in [6.45, 7) is 0.289. The average molecular weight is 439 g/mol. The molecule has 0 unspecified atom stereocenters. The molecule has 0 fully saturated rings. The number of benzene rings is 3. The molecule has 0 aromatic heterocycles. The van der Waals surface area contributed by atoms with E-state index >= 15 is 0 Å². The minimum atomic E-state index is -0.449. The van der Waals surface area contributed by atoms with E-state index in [2.05, 4.69) is 15.8 Å². The molecule has 31 heavy (non-hydrogen) atoms. The van der Waals surface area contributed by atoms with E-state index in [0.29, 0.717) is 16.3 Å². The first-order chi connectivity index (χ1) is 15.0. The number of non-ortho nitro benzene ring substituents is 1. The largest absolute Gasteiger partial charge is 0.488 e. The lowest BCUT2D eigenvalue weighted by molar-refractivity contribution is -0.384. The Morgan fingerprint density at radius 1 is 1.06 bits per heavy atom. The number of nitrogens with one attached hydrogen (secondary N) is 2. The van der Waals surface area contributed by atoms with E-state index < -0.39 is 4.92 Å². The predicted molar refractivity (Wildman–Crippen MR) is 120 cm³/mol. The van der Waals surface area contributed by atoms with Gasteiger partial charge in [-0.3, -0.25) is 14.9 Å². The second-order valence-electron chi connectivity index (χ2n) is 6.40. The number of anilines is 1. The zero-order valence-electron chi connectivity index (χ0n) is 16.3. The maximum atomic E-state index is 12.0. The molecule has 0 spiro atoms. The van der Waals surface area contributed by atoms with Gasteiger partial charge in [0.1, 0.15) is 12.4 Å². The first kappa shape index (κ1) is 21.8. The molecular formula is C22H19ClN4O4. The number of nitro groups is 1. The lowest BCUT2D eigenvalue weighted by Gasteiger charge is -2.09. The van der Waals surface area contributed by atoms with Crippen LogP contribution in [0.4, 0.5) is 11.4 Å². The second kappa shape index (κ2) is 10.7. The highest BCUT2D eigenvalue weighted by atomic mass is 35.5. The van der Waals surface area contributed by atoms with Crippen LogP contribution in [0, 0.1) is 10.1 Å². The maximum Gasteiger partial charge on any atom is 0.269 e. The number of rotatable bonds is 9. The van der Waals surface area contributed by atoms with Crippen molar-refractivity contribution in [3.63, 3.8) is 0 Å². The maximum absolute atomic E-state index is 12.0. The highest BCUT2D eigenvalue weighted by Crippen LogP contribution is 2.19. The van der Waals surface area contributed by atoms with Gasteiger partial charge in [-0.15, -0.1) is 0 Å². The van der Waals surface area contributed by atoms with Gasteiger partial charge >= 0.3 is 0 Å². The first-order valence-electron chi connectivity index (χ1n) is 9.28. The zero-order chi connectivity index (χ0) is 22.1. The van der Waals surface area contributed by atoms with Gasteiger partial charge in [0.25, 0.3) is 11.6 Å². The van der Waals surface area contributed by atoms with E-state index in [-0.39, 0.29) is 24.7 Å². The summed E-state index contributed by atoms with van der Waals surface area (Å²) in [4.78, 5) is 22.2. The van der Waals surface area contributed by atoms with Crippen molar-refractivity contribution >= 4 is 35.1 Å². The first-order valence-corrected chi connectivity index (χ1v) is 9.65. The van der Waals surface area contributed by atoms with Crippen LogP contribution in [-0.2, 0) is 11.4 Å². The van der Waals surface area contributed by atoms with Crippen LogP contribution in [0.25, 0.3) is 0 Å². The van der Waals surface area contributed by atoms with E-state index in [9.17, 15) is 14.9 Å². The summed E-state index contributed by atoms with van der Waals surface area (Å²) in [5, 5.41) is 18.3. The number of nitro benzene ring substituents is 1. The van der Waals surface area contributed by atoms with Crippen molar-refractivity contribution in [2.45, 2.75) is 6.61 Å². The number of hydrogen-bond acceptors (Lipinski definition) is 6. The second-order valence-corrected chi connectivity index (χ2v) is 6.84. The highest BCUT2D eigenvalue weighted by molar-refractivity contribution is 6.30. The van der Waals surface area contributed by atoms with Crippen LogP contribution in [0.15, 0.2) is 77.9 Å². The number of para-hydroxylation sites is 1. The summed E-state index contributed by atoms with van der Waals surface area (Å²) in [6.07, 6.45) is 1.49. The van der Waals surface area contributed by atoms with Gasteiger partial charge in [-0.05, 0) is 54.1 Å². The van der Waals surface area contributed by atoms with Crippen molar-refractivity contribution in [2.75, 3.05) is 11.9 Å². The molecule has 8 nitrogen and oxygen atoms in total. The molecule has 0 radical (unpaired) electrons. The fraction of sp³-hybridized carbons (Fsp3) is 0.0909. The third kappa shape index (κ3) is 6.83. The summed E-state index contributed by atoms with van der Waals surface area (Å²) in [7, 11) is 0. The van der Waals surface area contributed by atoms with Crippen molar-refractivity contribution in [2.24, 2.45) is 5.10 Å². The van der Waals surface area contributed by atoms with Crippen LogP contribution >= 0.6 is 11.6 Å². The van der Waals surface area contributed by atoms with Crippen LogP contribution in [0.3, 0.4) is 0 Å².